The fraction of sp³-hybridized carbons (Fsp3) is 0.238. The summed E-state index contributed by atoms with van der Waals surface area (Å²) in [6.45, 7) is 3.61. The van der Waals surface area contributed by atoms with Crippen LogP contribution in [0.5, 0.6) is 5.75 Å². The minimum Gasteiger partial charge on any atom is -0.503 e. The molecule has 0 fully saturated rings. The largest absolute Gasteiger partial charge is 0.503 e. The number of hydrogen-bond acceptors (Lipinski definition) is 7. The first kappa shape index (κ1) is 19.1. The fourth-order valence-corrected chi connectivity index (χ4v) is 4.47. The normalized spacial score (nSPS) is 16.7. The van der Waals surface area contributed by atoms with E-state index in [4.69, 9.17) is 4.74 Å². The Balaban J connectivity index is 1.88. The van der Waals surface area contributed by atoms with Crippen molar-refractivity contribution >= 4 is 38.4 Å². The van der Waals surface area contributed by atoms with Crippen LogP contribution in [-0.2, 0) is 9.59 Å². The molecule has 1 aromatic carbocycles. The molecule has 1 N–H and O–H groups in total. The summed E-state index contributed by atoms with van der Waals surface area (Å²) in [6.07, 6.45) is 1.76. The third-order valence-corrected chi connectivity index (χ3v) is 5.91. The van der Waals surface area contributed by atoms with Crippen molar-refractivity contribution in [1.29, 1.82) is 0 Å². The number of methoxy groups -OCH3 is 1. The van der Waals surface area contributed by atoms with Gasteiger partial charge in [-0.25, -0.2) is 4.98 Å². The highest BCUT2D eigenvalue weighted by Crippen LogP contribution is 2.43. The van der Waals surface area contributed by atoms with Crippen LogP contribution in [0.1, 0.15) is 30.6 Å². The van der Waals surface area contributed by atoms with Gasteiger partial charge in [0.25, 0.3) is 5.91 Å². The van der Waals surface area contributed by atoms with Crippen LogP contribution in [0, 0.1) is 6.92 Å². The van der Waals surface area contributed by atoms with Crippen LogP contribution < -0.4 is 9.64 Å². The topological polar surface area (TPSA) is 92.6 Å². The molecule has 1 unspecified atom stereocenters. The van der Waals surface area contributed by atoms with Crippen molar-refractivity contribution < 1.29 is 19.4 Å². The first-order valence-corrected chi connectivity index (χ1v) is 9.93. The van der Waals surface area contributed by atoms with Crippen LogP contribution in [0.15, 0.2) is 47.9 Å². The van der Waals surface area contributed by atoms with Crippen LogP contribution in [-0.4, -0.2) is 33.9 Å². The molecule has 0 radical (unpaired) electrons. The Morgan fingerprint density at radius 2 is 2.14 bits per heavy atom. The highest BCUT2D eigenvalue weighted by atomic mass is 32.1. The number of amides is 1. The Bertz CT molecular complexity index is 1150. The lowest BCUT2D eigenvalue weighted by Gasteiger charge is -2.23. The second-order valence-electron chi connectivity index (χ2n) is 6.66. The Morgan fingerprint density at radius 3 is 2.79 bits per heavy atom. The summed E-state index contributed by atoms with van der Waals surface area (Å²) in [6, 6.07) is 8.19. The molecule has 3 aromatic rings. The lowest BCUT2D eigenvalue weighted by molar-refractivity contribution is -0.118. The van der Waals surface area contributed by atoms with Gasteiger partial charge in [0.05, 0.1) is 28.6 Å². The van der Waals surface area contributed by atoms with Crippen LogP contribution in [0.25, 0.3) is 10.2 Å². The van der Waals surface area contributed by atoms with Gasteiger partial charge in [0, 0.05) is 12.6 Å². The number of aliphatic hydroxyl groups is 1. The van der Waals surface area contributed by atoms with Crippen molar-refractivity contribution in [3.63, 3.8) is 0 Å². The van der Waals surface area contributed by atoms with Crippen molar-refractivity contribution in [2.24, 2.45) is 0 Å². The summed E-state index contributed by atoms with van der Waals surface area (Å²) >= 11 is 1.30. The molecule has 7 nitrogen and oxygen atoms in total. The van der Waals surface area contributed by atoms with Gasteiger partial charge in [-0.1, -0.05) is 24.3 Å². The van der Waals surface area contributed by atoms with Gasteiger partial charge in [0.1, 0.15) is 11.8 Å². The molecule has 29 heavy (non-hydrogen) atoms. The monoisotopic (exact) mass is 409 g/mol. The second-order valence-corrected chi connectivity index (χ2v) is 7.67. The molecular formula is C21H19N3O4S. The van der Waals surface area contributed by atoms with Gasteiger partial charge in [0.15, 0.2) is 16.7 Å². The zero-order valence-electron chi connectivity index (χ0n) is 16.2. The van der Waals surface area contributed by atoms with E-state index in [2.05, 4.69) is 9.97 Å². The molecule has 0 saturated carbocycles. The number of ketones is 1. The molecule has 0 saturated heterocycles. The van der Waals surface area contributed by atoms with Crippen LogP contribution in [0.3, 0.4) is 0 Å². The van der Waals surface area contributed by atoms with Crippen LogP contribution in [0.2, 0.25) is 0 Å². The van der Waals surface area contributed by atoms with E-state index < -0.39 is 17.7 Å². The average Bonchev–Trinajstić information content (AvgIpc) is 3.25. The Morgan fingerprint density at radius 1 is 1.34 bits per heavy atom. The van der Waals surface area contributed by atoms with E-state index in [0.29, 0.717) is 16.3 Å². The van der Waals surface area contributed by atoms with Gasteiger partial charge in [0.2, 0.25) is 0 Å². The summed E-state index contributed by atoms with van der Waals surface area (Å²) in [5.41, 5.74) is 2.19. The maximum Gasteiger partial charge on any atom is 0.296 e. The Kier molecular flexibility index (Phi) is 4.79. The van der Waals surface area contributed by atoms with Gasteiger partial charge < -0.3 is 9.84 Å². The van der Waals surface area contributed by atoms with Crippen molar-refractivity contribution in [1.82, 2.24) is 9.97 Å². The highest BCUT2D eigenvalue weighted by molar-refractivity contribution is 7.22. The van der Waals surface area contributed by atoms with Crippen LogP contribution >= 0.6 is 11.3 Å². The summed E-state index contributed by atoms with van der Waals surface area (Å²) < 4.78 is 6.21. The number of carbonyl (C=O) groups is 2. The number of pyridine rings is 1. The van der Waals surface area contributed by atoms with E-state index in [1.54, 1.807) is 38.4 Å². The molecular weight excluding hydrogens is 390 g/mol. The summed E-state index contributed by atoms with van der Waals surface area (Å²) in [7, 11) is 1.60. The van der Waals surface area contributed by atoms with E-state index in [9.17, 15) is 14.7 Å². The van der Waals surface area contributed by atoms with Crippen molar-refractivity contribution in [3.8, 4) is 5.75 Å². The molecule has 0 bridgehead atoms. The van der Waals surface area contributed by atoms with Crippen LogP contribution in [0.4, 0.5) is 5.13 Å². The van der Waals surface area contributed by atoms with Gasteiger partial charge >= 0.3 is 0 Å². The number of fused-ring (bicyclic) bond motifs is 1. The van der Waals surface area contributed by atoms with Gasteiger partial charge in [-0.3, -0.25) is 19.5 Å². The number of aliphatic hydroxyl groups excluding tert-OH is 1. The van der Waals surface area contributed by atoms with E-state index >= 15 is 0 Å². The fourth-order valence-electron chi connectivity index (χ4n) is 3.47. The first-order valence-electron chi connectivity index (χ1n) is 9.12. The number of benzene rings is 1. The summed E-state index contributed by atoms with van der Waals surface area (Å²) in [5, 5.41) is 10.9. The van der Waals surface area contributed by atoms with E-state index in [1.165, 1.54) is 16.2 Å². The summed E-state index contributed by atoms with van der Waals surface area (Å²) in [4.78, 5) is 35.8. The Hall–Kier alpha value is -3.26. The Labute approximate surface area is 171 Å². The molecule has 1 amide bonds. The zero-order chi connectivity index (χ0) is 20.7. The van der Waals surface area contributed by atoms with Crippen molar-refractivity contribution in [2.45, 2.75) is 26.3 Å². The average molecular weight is 409 g/mol. The molecule has 3 heterocycles. The summed E-state index contributed by atoms with van der Waals surface area (Å²) in [5.74, 6) is -0.766. The smallest absolute Gasteiger partial charge is 0.296 e. The van der Waals surface area contributed by atoms with Crippen molar-refractivity contribution in [2.75, 3.05) is 12.0 Å². The predicted molar refractivity (Wildman–Crippen MR) is 110 cm³/mol. The number of hydrogen-bond donors (Lipinski definition) is 1. The molecule has 1 aliphatic heterocycles. The van der Waals surface area contributed by atoms with Gasteiger partial charge in [-0.05, 0) is 36.8 Å². The molecule has 4 rings (SSSR count). The highest BCUT2D eigenvalue weighted by Gasteiger charge is 2.45. The third-order valence-electron chi connectivity index (χ3n) is 4.90. The maximum absolute atomic E-state index is 13.0. The molecule has 2 aromatic heterocycles. The SMILES string of the molecule is CCC(=O)C1=C(O)C(=O)N(c2nc3cc(C)c(OC)cc3s2)C1c1ccccn1. The lowest BCUT2D eigenvalue weighted by atomic mass is 9.99. The number of ether oxygens (including phenoxy) is 1. The van der Waals surface area contributed by atoms with Gasteiger partial charge in [-0.2, -0.15) is 0 Å². The molecule has 148 valence electrons. The number of Topliss-reactive ketones (excluding diaryl/α,β-unsaturated/α-hetero) is 1. The number of rotatable bonds is 5. The number of thiazole rings is 1. The molecule has 8 heteroatoms. The van der Waals surface area contributed by atoms with E-state index in [1.807, 2.05) is 19.1 Å². The number of nitrogens with zero attached hydrogens (tertiary/aromatic N) is 3. The number of aryl methyl sites for hydroxylation is 1. The van der Waals surface area contributed by atoms with E-state index in [0.717, 1.165) is 16.0 Å². The second kappa shape index (κ2) is 7.29. The predicted octanol–water partition coefficient (Wildman–Crippen LogP) is 3.89. The number of aromatic nitrogens is 2. The maximum atomic E-state index is 13.0. The van der Waals surface area contributed by atoms with Gasteiger partial charge in [-0.15, -0.1) is 0 Å². The number of carbonyl (C=O) groups excluding carboxylic acids is 2. The zero-order valence-corrected chi connectivity index (χ0v) is 17.0. The number of anilines is 1. The molecule has 1 aliphatic rings. The minimum atomic E-state index is -0.820. The molecule has 1 atom stereocenters. The minimum absolute atomic E-state index is 0.0595. The third kappa shape index (κ3) is 3.05. The van der Waals surface area contributed by atoms with E-state index in [-0.39, 0.29) is 17.8 Å². The van der Waals surface area contributed by atoms with Crippen molar-refractivity contribution in [3.05, 3.63) is 59.1 Å². The lowest BCUT2D eigenvalue weighted by Crippen LogP contribution is -2.31. The first-order chi connectivity index (χ1) is 14.0. The molecule has 0 aliphatic carbocycles. The quantitative estimate of drug-likeness (QED) is 0.687. The standard InChI is InChI=1S/C21H19N3O4S/c1-4-14(25)17-18(12-7-5-6-8-22-12)24(20(27)19(17)26)21-23-13-9-11(2)15(28-3)10-16(13)29-21/h5-10,18,26H,4H2,1-3H3. The molecule has 0 spiro atoms.